The number of rotatable bonds is 6. The molecule has 0 radical (unpaired) electrons. The number of nitrogens with zero attached hydrogens (tertiary/aromatic N) is 3. The number of hydrogen-bond acceptors (Lipinski definition) is 5. The molecule has 25 heavy (non-hydrogen) atoms. The van der Waals surface area contributed by atoms with E-state index in [1.54, 1.807) is 4.31 Å². The molecule has 1 aliphatic heterocycles. The van der Waals surface area contributed by atoms with E-state index in [-0.39, 0.29) is 23.3 Å². The van der Waals surface area contributed by atoms with Crippen LogP contribution in [-0.4, -0.2) is 48.4 Å². The average Bonchev–Trinajstić information content (AvgIpc) is 3.14. The molecule has 2 heterocycles. The van der Waals surface area contributed by atoms with Gasteiger partial charge < -0.3 is 5.32 Å². The van der Waals surface area contributed by atoms with Gasteiger partial charge in [-0.2, -0.15) is 4.31 Å². The van der Waals surface area contributed by atoms with Gasteiger partial charge in [0.05, 0.1) is 12.4 Å². The quantitative estimate of drug-likeness (QED) is 0.829. The summed E-state index contributed by atoms with van der Waals surface area (Å²) in [7, 11) is -3.58. The van der Waals surface area contributed by atoms with Crippen molar-refractivity contribution in [2.75, 3.05) is 19.6 Å². The number of halogens is 1. The van der Waals surface area contributed by atoms with Crippen LogP contribution in [0.5, 0.6) is 0 Å². The van der Waals surface area contributed by atoms with Gasteiger partial charge in [0.1, 0.15) is 4.90 Å². The van der Waals surface area contributed by atoms with Crippen molar-refractivity contribution in [2.45, 2.75) is 30.7 Å². The maximum absolute atomic E-state index is 13.0. The molecular weight excluding hydrogens is 360 g/mol. The first kappa shape index (κ1) is 19.8. The van der Waals surface area contributed by atoms with E-state index >= 15 is 0 Å². The fourth-order valence-corrected chi connectivity index (χ4v) is 4.56. The Balaban J connectivity index is 0.00000225. The maximum Gasteiger partial charge on any atom is 0.246 e. The summed E-state index contributed by atoms with van der Waals surface area (Å²) in [6.07, 6.45) is 4.44. The van der Waals surface area contributed by atoms with Gasteiger partial charge in [-0.05, 0) is 19.4 Å². The van der Waals surface area contributed by atoms with Crippen LogP contribution in [0.25, 0.3) is 11.4 Å². The Hall–Kier alpha value is -1.54. The third-order valence-corrected chi connectivity index (χ3v) is 6.06. The van der Waals surface area contributed by atoms with E-state index < -0.39 is 10.0 Å². The van der Waals surface area contributed by atoms with Crippen LogP contribution in [0.15, 0.2) is 47.6 Å². The van der Waals surface area contributed by atoms with Crippen molar-refractivity contribution in [2.24, 2.45) is 0 Å². The second-order valence-electron chi connectivity index (χ2n) is 5.87. The highest BCUT2D eigenvalue weighted by atomic mass is 35.5. The van der Waals surface area contributed by atoms with E-state index in [9.17, 15) is 8.42 Å². The molecule has 2 aromatic rings. The van der Waals surface area contributed by atoms with Gasteiger partial charge >= 0.3 is 0 Å². The van der Waals surface area contributed by atoms with Gasteiger partial charge in [-0.15, -0.1) is 12.4 Å². The Morgan fingerprint density at radius 1 is 1.20 bits per heavy atom. The zero-order valence-electron chi connectivity index (χ0n) is 14.1. The third-order valence-electron chi connectivity index (χ3n) is 4.15. The van der Waals surface area contributed by atoms with Crippen molar-refractivity contribution >= 4 is 22.4 Å². The molecule has 1 fully saturated rings. The fraction of sp³-hybridized carbons (Fsp3) is 0.412. The molecule has 0 spiro atoms. The molecule has 1 aromatic carbocycles. The van der Waals surface area contributed by atoms with E-state index in [1.807, 2.05) is 37.3 Å². The highest BCUT2D eigenvalue weighted by molar-refractivity contribution is 7.89. The lowest BCUT2D eigenvalue weighted by Crippen LogP contribution is -2.42. The highest BCUT2D eigenvalue weighted by Gasteiger charge is 2.33. The Morgan fingerprint density at radius 3 is 2.44 bits per heavy atom. The van der Waals surface area contributed by atoms with Crippen molar-refractivity contribution in [3.63, 3.8) is 0 Å². The second kappa shape index (κ2) is 8.71. The number of nitrogens with one attached hydrogen (secondary N) is 1. The lowest BCUT2D eigenvalue weighted by Gasteiger charge is -2.27. The summed E-state index contributed by atoms with van der Waals surface area (Å²) in [5.41, 5.74) is 0.867. The minimum Gasteiger partial charge on any atom is -0.315 e. The molecule has 0 amide bonds. The van der Waals surface area contributed by atoms with Crippen LogP contribution in [0.4, 0.5) is 0 Å². The SMILES string of the molecule is CCCN(C1CCNC1)S(=O)(=O)c1cnc(-c2ccccc2)nc1.Cl. The fourth-order valence-electron chi connectivity index (χ4n) is 2.93. The van der Waals surface area contributed by atoms with Gasteiger partial charge in [0, 0.05) is 24.7 Å². The Bertz CT molecular complexity index is 763. The first-order valence-corrected chi connectivity index (χ1v) is 9.67. The normalized spacial score (nSPS) is 17.4. The van der Waals surface area contributed by atoms with Crippen LogP contribution < -0.4 is 5.32 Å². The molecule has 8 heteroatoms. The van der Waals surface area contributed by atoms with Crippen molar-refractivity contribution in [1.82, 2.24) is 19.6 Å². The number of aromatic nitrogens is 2. The Kier molecular flexibility index (Phi) is 6.89. The summed E-state index contributed by atoms with van der Waals surface area (Å²) in [5, 5.41) is 3.23. The van der Waals surface area contributed by atoms with Crippen LogP contribution >= 0.6 is 12.4 Å². The molecular formula is C17H23ClN4O2S. The molecule has 1 aliphatic rings. The standard InChI is InChI=1S/C17H22N4O2S.ClH/c1-2-10-21(15-8-9-18-11-15)24(22,23)16-12-19-17(20-13-16)14-6-4-3-5-7-14;/h3-7,12-13,15,18H,2,8-11H2,1H3;1H. The molecule has 0 bridgehead atoms. The molecule has 1 aromatic heterocycles. The Morgan fingerprint density at radius 2 is 1.88 bits per heavy atom. The molecule has 136 valence electrons. The van der Waals surface area contributed by atoms with Gasteiger partial charge in [-0.1, -0.05) is 37.3 Å². The van der Waals surface area contributed by atoms with Crippen molar-refractivity contribution in [3.05, 3.63) is 42.7 Å². The molecule has 6 nitrogen and oxygen atoms in total. The van der Waals surface area contributed by atoms with Crippen LogP contribution in [0.2, 0.25) is 0 Å². The summed E-state index contributed by atoms with van der Waals surface area (Å²) in [5.74, 6) is 0.527. The number of hydrogen-bond donors (Lipinski definition) is 1. The zero-order chi connectivity index (χ0) is 17.0. The highest BCUT2D eigenvalue weighted by Crippen LogP contribution is 2.22. The molecule has 1 atom stereocenters. The van der Waals surface area contributed by atoms with Crippen molar-refractivity contribution in [1.29, 1.82) is 0 Å². The monoisotopic (exact) mass is 382 g/mol. The molecule has 1 saturated heterocycles. The zero-order valence-corrected chi connectivity index (χ0v) is 15.8. The number of sulfonamides is 1. The third kappa shape index (κ3) is 4.36. The van der Waals surface area contributed by atoms with Gasteiger partial charge in [-0.3, -0.25) is 0 Å². The van der Waals surface area contributed by atoms with E-state index in [0.29, 0.717) is 18.9 Å². The summed E-state index contributed by atoms with van der Waals surface area (Å²) in [4.78, 5) is 8.66. The average molecular weight is 383 g/mol. The smallest absolute Gasteiger partial charge is 0.246 e. The second-order valence-corrected chi connectivity index (χ2v) is 7.76. The molecule has 1 unspecified atom stereocenters. The van der Waals surface area contributed by atoms with Gasteiger partial charge in [-0.25, -0.2) is 18.4 Å². The van der Waals surface area contributed by atoms with Crippen LogP contribution in [-0.2, 0) is 10.0 Å². The van der Waals surface area contributed by atoms with E-state index in [1.165, 1.54) is 12.4 Å². The van der Waals surface area contributed by atoms with Crippen molar-refractivity contribution in [3.8, 4) is 11.4 Å². The summed E-state index contributed by atoms with van der Waals surface area (Å²) >= 11 is 0. The predicted molar refractivity (Wildman–Crippen MR) is 100 cm³/mol. The van der Waals surface area contributed by atoms with E-state index in [0.717, 1.165) is 24.9 Å². The summed E-state index contributed by atoms with van der Waals surface area (Å²) in [6.45, 7) is 4.04. The van der Waals surface area contributed by atoms with Gasteiger partial charge in [0.15, 0.2) is 5.82 Å². The van der Waals surface area contributed by atoms with Gasteiger partial charge in [0.25, 0.3) is 0 Å². The van der Waals surface area contributed by atoms with Crippen molar-refractivity contribution < 1.29 is 8.42 Å². The topological polar surface area (TPSA) is 75.2 Å². The summed E-state index contributed by atoms with van der Waals surface area (Å²) < 4.78 is 27.5. The van der Waals surface area contributed by atoms with Gasteiger partial charge in [0.2, 0.25) is 10.0 Å². The Labute approximate surface area is 155 Å². The first-order chi connectivity index (χ1) is 11.6. The molecule has 0 saturated carbocycles. The minimum absolute atomic E-state index is 0. The lowest BCUT2D eigenvalue weighted by atomic mass is 10.2. The van der Waals surface area contributed by atoms with Crippen LogP contribution in [0.1, 0.15) is 19.8 Å². The first-order valence-electron chi connectivity index (χ1n) is 8.23. The van der Waals surface area contributed by atoms with E-state index in [2.05, 4.69) is 15.3 Å². The van der Waals surface area contributed by atoms with E-state index in [4.69, 9.17) is 0 Å². The van der Waals surface area contributed by atoms with Crippen LogP contribution in [0.3, 0.4) is 0 Å². The largest absolute Gasteiger partial charge is 0.315 e. The van der Waals surface area contributed by atoms with Crippen LogP contribution in [0, 0.1) is 0 Å². The maximum atomic E-state index is 13.0. The molecule has 1 N–H and O–H groups in total. The summed E-state index contributed by atoms with van der Waals surface area (Å²) in [6, 6.07) is 9.52. The predicted octanol–water partition coefficient (Wildman–Crippen LogP) is 2.33. The molecule has 3 rings (SSSR count). The lowest BCUT2D eigenvalue weighted by molar-refractivity contribution is 0.335. The molecule has 0 aliphatic carbocycles. The minimum atomic E-state index is -3.58. The number of benzene rings is 1.